The Balaban J connectivity index is 2.25. The molecule has 5 nitrogen and oxygen atoms in total. The van der Waals surface area contributed by atoms with Crippen molar-refractivity contribution in [1.29, 1.82) is 0 Å². The second kappa shape index (κ2) is 4.02. The van der Waals surface area contributed by atoms with Crippen LogP contribution in [0.5, 0.6) is 0 Å². The van der Waals surface area contributed by atoms with Gasteiger partial charge in [-0.3, -0.25) is 0 Å². The Morgan fingerprint density at radius 3 is 3.13 bits per heavy atom. The number of hydrogen-bond donors (Lipinski definition) is 2. The predicted molar refractivity (Wildman–Crippen MR) is 58.6 cm³/mol. The van der Waals surface area contributed by atoms with Crippen molar-refractivity contribution in [2.75, 3.05) is 23.8 Å². The summed E-state index contributed by atoms with van der Waals surface area (Å²) in [5.41, 5.74) is 6.62. The fourth-order valence-corrected chi connectivity index (χ4v) is 1.87. The molecule has 2 heterocycles. The molecule has 1 aromatic rings. The van der Waals surface area contributed by atoms with Gasteiger partial charge in [0, 0.05) is 18.3 Å². The van der Waals surface area contributed by atoms with Gasteiger partial charge < -0.3 is 15.7 Å². The fraction of sp³-hybridized carbons (Fsp3) is 0.600. The van der Waals surface area contributed by atoms with Crippen LogP contribution in [-0.2, 0) is 0 Å². The molecule has 0 amide bonds. The molecule has 5 heteroatoms. The van der Waals surface area contributed by atoms with E-state index in [0.29, 0.717) is 11.8 Å². The third-order valence-corrected chi connectivity index (χ3v) is 2.84. The summed E-state index contributed by atoms with van der Waals surface area (Å²) < 4.78 is 0. The molecule has 0 aromatic carbocycles. The third-order valence-electron chi connectivity index (χ3n) is 2.84. The normalized spacial score (nSPS) is 20.9. The molecule has 1 saturated heterocycles. The number of aryl methyl sites for hydroxylation is 1. The predicted octanol–water partition coefficient (Wildman–Crippen LogP) is 0.328. The van der Waals surface area contributed by atoms with Gasteiger partial charge in [0.1, 0.15) is 5.82 Å². The molecule has 1 atom stereocenters. The molecular formula is C10H16N4O. The van der Waals surface area contributed by atoms with Gasteiger partial charge in [-0.25, -0.2) is 4.98 Å². The number of hydrogen-bond acceptors (Lipinski definition) is 5. The monoisotopic (exact) mass is 208 g/mol. The van der Waals surface area contributed by atoms with E-state index in [-0.39, 0.29) is 12.6 Å². The molecule has 0 radical (unpaired) electrons. The first kappa shape index (κ1) is 10.2. The van der Waals surface area contributed by atoms with E-state index < -0.39 is 0 Å². The average molecular weight is 208 g/mol. The number of nitrogens with zero attached hydrogens (tertiary/aromatic N) is 3. The summed E-state index contributed by atoms with van der Waals surface area (Å²) in [6.45, 7) is 2.93. The van der Waals surface area contributed by atoms with Crippen molar-refractivity contribution in [3.05, 3.63) is 11.8 Å². The number of anilines is 2. The first-order valence-corrected chi connectivity index (χ1v) is 5.19. The molecular weight excluding hydrogens is 192 g/mol. The molecule has 82 valence electrons. The molecule has 0 spiro atoms. The third kappa shape index (κ3) is 1.87. The van der Waals surface area contributed by atoms with E-state index in [1.54, 1.807) is 6.20 Å². The van der Waals surface area contributed by atoms with Gasteiger partial charge in [0.2, 0.25) is 5.95 Å². The van der Waals surface area contributed by atoms with E-state index in [9.17, 15) is 5.11 Å². The molecule has 2 rings (SSSR count). The van der Waals surface area contributed by atoms with Crippen molar-refractivity contribution in [1.82, 2.24) is 9.97 Å². The maximum atomic E-state index is 9.19. The highest BCUT2D eigenvalue weighted by Gasteiger charge is 2.25. The van der Waals surface area contributed by atoms with Crippen molar-refractivity contribution in [3.63, 3.8) is 0 Å². The van der Waals surface area contributed by atoms with Crippen LogP contribution >= 0.6 is 0 Å². The number of aliphatic hydroxyl groups is 1. The molecule has 3 N–H and O–H groups in total. The van der Waals surface area contributed by atoms with Gasteiger partial charge in [0.15, 0.2) is 0 Å². The minimum atomic E-state index is 0.145. The Morgan fingerprint density at radius 1 is 1.67 bits per heavy atom. The molecule has 1 aliphatic rings. The molecule has 1 aromatic heterocycles. The van der Waals surface area contributed by atoms with E-state index in [4.69, 9.17) is 5.73 Å². The number of rotatable bonds is 2. The smallest absolute Gasteiger partial charge is 0.227 e. The van der Waals surface area contributed by atoms with Gasteiger partial charge in [-0.1, -0.05) is 0 Å². The van der Waals surface area contributed by atoms with Gasteiger partial charge in [-0.2, -0.15) is 4.98 Å². The van der Waals surface area contributed by atoms with Crippen molar-refractivity contribution >= 4 is 11.8 Å². The lowest BCUT2D eigenvalue weighted by Crippen LogP contribution is -2.33. The largest absolute Gasteiger partial charge is 0.394 e. The summed E-state index contributed by atoms with van der Waals surface area (Å²) in [6.07, 6.45) is 3.79. The SMILES string of the molecule is Cc1cnc(N2CCCC2CO)nc1N. The van der Waals surface area contributed by atoms with Crippen LogP contribution in [0.3, 0.4) is 0 Å². The summed E-state index contributed by atoms with van der Waals surface area (Å²) in [7, 11) is 0. The molecule has 1 fully saturated rings. The van der Waals surface area contributed by atoms with E-state index in [1.807, 2.05) is 11.8 Å². The quantitative estimate of drug-likeness (QED) is 0.732. The van der Waals surface area contributed by atoms with Crippen molar-refractivity contribution in [2.45, 2.75) is 25.8 Å². The Bertz CT molecular complexity index is 355. The van der Waals surface area contributed by atoms with E-state index in [0.717, 1.165) is 24.9 Å². The summed E-state index contributed by atoms with van der Waals surface area (Å²) in [6, 6.07) is 0.145. The topological polar surface area (TPSA) is 75.3 Å². The lowest BCUT2D eigenvalue weighted by atomic mass is 10.2. The average Bonchev–Trinajstić information content (AvgIpc) is 2.70. The lowest BCUT2D eigenvalue weighted by Gasteiger charge is -2.23. The first-order valence-electron chi connectivity index (χ1n) is 5.19. The number of aliphatic hydroxyl groups excluding tert-OH is 1. The highest BCUT2D eigenvalue weighted by atomic mass is 16.3. The second-order valence-electron chi connectivity index (χ2n) is 3.91. The molecule has 0 aliphatic carbocycles. The Labute approximate surface area is 88.9 Å². The van der Waals surface area contributed by atoms with Crippen LogP contribution in [0.1, 0.15) is 18.4 Å². The highest BCUT2D eigenvalue weighted by molar-refractivity contribution is 5.44. The molecule has 15 heavy (non-hydrogen) atoms. The number of nitrogen functional groups attached to an aromatic ring is 1. The molecule has 0 saturated carbocycles. The summed E-state index contributed by atoms with van der Waals surface area (Å²) in [4.78, 5) is 10.5. The Kier molecular flexibility index (Phi) is 2.73. The van der Waals surface area contributed by atoms with Crippen LogP contribution < -0.4 is 10.6 Å². The van der Waals surface area contributed by atoms with Gasteiger partial charge in [0.05, 0.1) is 12.6 Å². The van der Waals surface area contributed by atoms with Crippen LogP contribution in [0.2, 0.25) is 0 Å². The minimum absolute atomic E-state index is 0.145. The zero-order valence-electron chi connectivity index (χ0n) is 8.85. The highest BCUT2D eigenvalue weighted by Crippen LogP contribution is 2.22. The number of aromatic nitrogens is 2. The first-order chi connectivity index (χ1) is 7.22. The summed E-state index contributed by atoms with van der Waals surface area (Å²) >= 11 is 0. The van der Waals surface area contributed by atoms with E-state index in [1.165, 1.54) is 0 Å². The minimum Gasteiger partial charge on any atom is -0.394 e. The van der Waals surface area contributed by atoms with Gasteiger partial charge in [-0.15, -0.1) is 0 Å². The number of nitrogens with two attached hydrogens (primary N) is 1. The zero-order chi connectivity index (χ0) is 10.8. The van der Waals surface area contributed by atoms with Crippen molar-refractivity contribution in [3.8, 4) is 0 Å². The van der Waals surface area contributed by atoms with Crippen LogP contribution in [0.25, 0.3) is 0 Å². The van der Waals surface area contributed by atoms with E-state index in [2.05, 4.69) is 9.97 Å². The maximum absolute atomic E-state index is 9.19. The van der Waals surface area contributed by atoms with Gasteiger partial charge >= 0.3 is 0 Å². The van der Waals surface area contributed by atoms with Crippen LogP contribution in [0.15, 0.2) is 6.20 Å². The Hall–Kier alpha value is -1.36. The summed E-state index contributed by atoms with van der Waals surface area (Å²) in [5, 5.41) is 9.19. The van der Waals surface area contributed by atoms with Crippen LogP contribution in [0, 0.1) is 6.92 Å². The van der Waals surface area contributed by atoms with Crippen molar-refractivity contribution < 1.29 is 5.11 Å². The zero-order valence-corrected chi connectivity index (χ0v) is 8.85. The van der Waals surface area contributed by atoms with Crippen LogP contribution in [-0.4, -0.2) is 34.3 Å². The van der Waals surface area contributed by atoms with Gasteiger partial charge in [0.25, 0.3) is 0 Å². The van der Waals surface area contributed by atoms with Crippen LogP contribution in [0.4, 0.5) is 11.8 Å². The summed E-state index contributed by atoms with van der Waals surface area (Å²) in [5.74, 6) is 1.15. The molecule has 0 bridgehead atoms. The fourth-order valence-electron chi connectivity index (χ4n) is 1.87. The second-order valence-corrected chi connectivity index (χ2v) is 3.91. The molecule has 1 aliphatic heterocycles. The van der Waals surface area contributed by atoms with Gasteiger partial charge in [-0.05, 0) is 19.8 Å². The van der Waals surface area contributed by atoms with Crippen molar-refractivity contribution in [2.24, 2.45) is 0 Å². The Morgan fingerprint density at radius 2 is 2.47 bits per heavy atom. The van der Waals surface area contributed by atoms with E-state index >= 15 is 0 Å². The maximum Gasteiger partial charge on any atom is 0.227 e. The lowest BCUT2D eigenvalue weighted by molar-refractivity contribution is 0.265. The standard InChI is InChI=1S/C10H16N4O/c1-7-5-12-10(13-9(7)11)14-4-2-3-8(14)6-15/h5,8,15H,2-4,6H2,1H3,(H2,11,12,13). The molecule has 1 unspecified atom stereocenters.